The van der Waals surface area contributed by atoms with Crippen LogP contribution in [0.5, 0.6) is 0 Å². The van der Waals surface area contributed by atoms with Crippen LogP contribution in [0.2, 0.25) is 0 Å². The Labute approximate surface area is 210 Å². The van der Waals surface area contributed by atoms with Crippen molar-refractivity contribution in [1.82, 2.24) is 0 Å². The Hall–Kier alpha value is -2.49. The van der Waals surface area contributed by atoms with Gasteiger partial charge in [-0.15, -0.1) is 0 Å². The molecule has 0 atom stereocenters. The topological polar surface area (TPSA) is 40.5 Å². The number of unbranched alkanes of at least 4 members (excludes halogenated alkanes) is 2. The van der Waals surface area contributed by atoms with Gasteiger partial charge in [-0.25, -0.2) is 4.39 Å². The van der Waals surface area contributed by atoms with Crippen LogP contribution in [0.4, 0.5) is 4.39 Å². The molecule has 0 aliphatic heterocycles. The fourth-order valence-corrected chi connectivity index (χ4v) is 4.64. The zero-order valence-electron chi connectivity index (χ0n) is 21.4. The summed E-state index contributed by atoms with van der Waals surface area (Å²) in [5.41, 5.74) is 7.59. The van der Waals surface area contributed by atoms with Gasteiger partial charge in [0.25, 0.3) is 0 Å². The van der Waals surface area contributed by atoms with Crippen LogP contribution in [-0.2, 0) is 32.1 Å². The first-order valence-corrected chi connectivity index (χ1v) is 13.3. The van der Waals surface area contributed by atoms with Crippen molar-refractivity contribution < 1.29 is 14.6 Å². The second-order valence-electron chi connectivity index (χ2n) is 9.70. The summed E-state index contributed by atoms with van der Waals surface area (Å²) in [5.74, 6) is -0.259. The van der Waals surface area contributed by atoms with Crippen molar-refractivity contribution in [2.24, 2.45) is 5.92 Å². The summed E-state index contributed by atoms with van der Waals surface area (Å²) in [5, 5.41) is 18.6. The second kappa shape index (κ2) is 14.2. The average molecular weight is 477 g/mol. The van der Waals surface area contributed by atoms with Gasteiger partial charge in [0.1, 0.15) is 5.82 Å². The summed E-state index contributed by atoms with van der Waals surface area (Å²) >= 11 is 0. The number of halogens is 1. The molecule has 0 fully saturated rings. The van der Waals surface area contributed by atoms with Crippen LogP contribution in [-0.4, -0.2) is 23.4 Å². The molecule has 3 heteroatoms. The van der Waals surface area contributed by atoms with Gasteiger partial charge in [0.05, 0.1) is 0 Å². The Morgan fingerprint density at radius 2 is 1.23 bits per heavy atom. The third kappa shape index (κ3) is 8.02. The van der Waals surface area contributed by atoms with Crippen molar-refractivity contribution in [2.45, 2.75) is 71.6 Å². The third-order valence-electron chi connectivity index (χ3n) is 7.03. The highest BCUT2D eigenvalue weighted by molar-refractivity contribution is 5.69. The summed E-state index contributed by atoms with van der Waals surface area (Å²) < 4.78 is 15.2. The Balaban J connectivity index is 1.64. The number of aliphatic hydroxyl groups excluding tert-OH is 2. The molecule has 0 saturated carbocycles. The van der Waals surface area contributed by atoms with E-state index in [4.69, 9.17) is 0 Å². The SMILES string of the molecule is CCCCCc1ccc(CCc2ccc(-c3ccc(CCC(CO)CO)cc3CC)c(F)c2)cc1. The van der Waals surface area contributed by atoms with Crippen LogP contribution in [0.3, 0.4) is 0 Å². The highest BCUT2D eigenvalue weighted by atomic mass is 19.1. The molecule has 0 spiro atoms. The molecule has 2 nitrogen and oxygen atoms in total. The van der Waals surface area contributed by atoms with Crippen LogP contribution in [0.25, 0.3) is 11.1 Å². The highest BCUT2D eigenvalue weighted by Crippen LogP contribution is 2.29. The lowest BCUT2D eigenvalue weighted by Crippen LogP contribution is -2.12. The van der Waals surface area contributed by atoms with Gasteiger partial charge in [-0.05, 0) is 84.4 Å². The molecule has 0 saturated heterocycles. The van der Waals surface area contributed by atoms with Crippen LogP contribution in [0, 0.1) is 11.7 Å². The molecular formula is C32H41FO2. The van der Waals surface area contributed by atoms with Crippen LogP contribution < -0.4 is 0 Å². The first-order chi connectivity index (χ1) is 17.1. The van der Waals surface area contributed by atoms with E-state index in [-0.39, 0.29) is 24.9 Å². The van der Waals surface area contributed by atoms with Gasteiger partial charge in [0.2, 0.25) is 0 Å². The molecule has 3 aromatic carbocycles. The molecule has 35 heavy (non-hydrogen) atoms. The normalized spacial score (nSPS) is 11.4. The Morgan fingerprint density at radius 3 is 1.83 bits per heavy atom. The zero-order valence-corrected chi connectivity index (χ0v) is 21.4. The molecule has 0 unspecified atom stereocenters. The average Bonchev–Trinajstić information content (AvgIpc) is 2.89. The van der Waals surface area contributed by atoms with E-state index in [1.165, 1.54) is 30.4 Å². The van der Waals surface area contributed by atoms with Crippen molar-refractivity contribution in [2.75, 3.05) is 13.2 Å². The smallest absolute Gasteiger partial charge is 0.131 e. The zero-order chi connectivity index (χ0) is 25.0. The first kappa shape index (κ1) is 27.1. The molecule has 0 aliphatic rings. The number of aliphatic hydroxyl groups is 2. The van der Waals surface area contributed by atoms with E-state index in [1.807, 2.05) is 18.2 Å². The number of benzene rings is 3. The van der Waals surface area contributed by atoms with Gasteiger partial charge < -0.3 is 10.2 Å². The summed E-state index contributed by atoms with van der Waals surface area (Å²) in [6.45, 7) is 4.32. The maximum absolute atomic E-state index is 15.2. The Morgan fingerprint density at radius 1 is 0.657 bits per heavy atom. The number of rotatable bonds is 14. The van der Waals surface area contributed by atoms with E-state index in [0.717, 1.165) is 60.8 Å². The number of hydrogen-bond acceptors (Lipinski definition) is 2. The summed E-state index contributed by atoms with van der Waals surface area (Å²) in [4.78, 5) is 0. The monoisotopic (exact) mass is 476 g/mol. The molecule has 0 radical (unpaired) electrons. The quantitative estimate of drug-likeness (QED) is 0.244. The summed E-state index contributed by atoms with van der Waals surface area (Å²) in [6, 6.07) is 20.8. The van der Waals surface area contributed by atoms with E-state index in [1.54, 1.807) is 6.07 Å². The van der Waals surface area contributed by atoms with Crippen molar-refractivity contribution in [3.8, 4) is 11.1 Å². The Kier molecular flexibility index (Phi) is 11.0. The van der Waals surface area contributed by atoms with E-state index in [2.05, 4.69) is 50.2 Å². The van der Waals surface area contributed by atoms with Gasteiger partial charge in [-0.3, -0.25) is 0 Å². The van der Waals surface area contributed by atoms with Gasteiger partial charge in [-0.1, -0.05) is 81.3 Å². The van der Waals surface area contributed by atoms with Crippen LogP contribution in [0.1, 0.15) is 67.3 Å². The highest BCUT2D eigenvalue weighted by Gasteiger charge is 2.12. The lowest BCUT2D eigenvalue weighted by Gasteiger charge is -2.14. The summed E-state index contributed by atoms with van der Waals surface area (Å²) in [6.07, 6.45) is 9.00. The lowest BCUT2D eigenvalue weighted by molar-refractivity contribution is 0.144. The molecule has 0 amide bonds. The largest absolute Gasteiger partial charge is 0.396 e. The van der Waals surface area contributed by atoms with Crippen molar-refractivity contribution in [3.63, 3.8) is 0 Å². The summed E-state index contributed by atoms with van der Waals surface area (Å²) in [7, 11) is 0. The maximum atomic E-state index is 15.2. The number of hydrogen-bond donors (Lipinski definition) is 2. The molecule has 0 heterocycles. The molecular weight excluding hydrogens is 435 g/mol. The van der Waals surface area contributed by atoms with E-state index < -0.39 is 0 Å². The predicted molar refractivity (Wildman–Crippen MR) is 144 cm³/mol. The minimum absolute atomic E-state index is 0.00284. The fourth-order valence-electron chi connectivity index (χ4n) is 4.64. The molecule has 3 aromatic rings. The number of aryl methyl sites for hydroxylation is 5. The van der Waals surface area contributed by atoms with Crippen molar-refractivity contribution in [3.05, 3.63) is 94.3 Å². The van der Waals surface area contributed by atoms with E-state index in [0.29, 0.717) is 5.56 Å². The Bertz CT molecular complexity index is 1040. The van der Waals surface area contributed by atoms with Gasteiger partial charge >= 0.3 is 0 Å². The predicted octanol–water partition coefficient (Wildman–Crippen LogP) is 7.11. The van der Waals surface area contributed by atoms with Gasteiger partial charge in [0, 0.05) is 24.7 Å². The molecule has 188 valence electrons. The molecule has 3 rings (SSSR count). The lowest BCUT2D eigenvalue weighted by atomic mass is 9.92. The maximum Gasteiger partial charge on any atom is 0.131 e. The first-order valence-electron chi connectivity index (χ1n) is 13.3. The second-order valence-corrected chi connectivity index (χ2v) is 9.70. The fraction of sp³-hybridized carbons (Fsp3) is 0.438. The molecule has 2 N–H and O–H groups in total. The van der Waals surface area contributed by atoms with Crippen molar-refractivity contribution >= 4 is 0 Å². The van der Waals surface area contributed by atoms with Gasteiger partial charge in [-0.2, -0.15) is 0 Å². The molecule has 0 bridgehead atoms. The van der Waals surface area contributed by atoms with E-state index >= 15 is 4.39 Å². The van der Waals surface area contributed by atoms with Gasteiger partial charge in [0.15, 0.2) is 0 Å². The minimum Gasteiger partial charge on any atom is -0.396 e. The van der Waals surface area contributed by atoms with Crippen LogP contribution >= 0.6 is 0 Å². The third-order valence-corrected chi connectivity index (χ3v) is 7.03. The molecule has 0 aromatic heterocycles. The van der Waals surface area contributed by atoms with Crippen molar-refractivity contribution in [1.29, 1.82) is 0 Å². The standard InChI is InChI=1S/C32H41FO2/c1-3-5-6-7-24-8-10-25(11-9-24)12-13-27-17-19-31(32(33)21-27)30-18-16-26(20-29(30)4-2)14-15-28(22-34)23-35/h8-11,16-21,28,34-35H,3-7,12-15,22-23H2,1-2H3. The van der Waals surface area contributed by atoms with Crippen LogP contribution in [0.15, 0.2) is 60.7 Å². The molecule has 0 aliphatic carbocycles. The van der Waals surface area contributed by atoms with E-state index in [9.17, 15) is 10.2 Å². The minimum atomic E-state index is -0.170.